The molecule has 0 rings (SSSR count). The van der Waals surface area contributed by atoms with Crippen LogP contribution in [0.3, 0.4) is 0 Å². The van der Waals surface area contributed by atoms with E-state index in [-0.39, 0.29) is 0 Å². The lowest BCUT2D eigenvalue weighted by atomic mass is 9.98. The summed E-state index contributed by atoms with van der Waals surface area (Å²) in [6.45, 7) is 9.35. The smallest absolute Gasteiger partial charge is 0.00773 e. The maximum Gasteiger partial charge on any atom is -0.00773 e. The molecule has 0 aromatic carbocycles. The summed E-state index contributed by atoms with van der Waals surface area (Å²) in [5, 5.41) is 0. The van der Waals surface area contributed by atoms with E-state index in [1.54, 1.807) is 0 Å². The van der Waals surface area contributed by atoms with Crippen LogP contribution in [0.15, 0.2) is 12.2 Å². The van der Waals surface area contributed by atoms with Crippen molar-refractivity contribution >= 4 is 0 Å². The van der Waals surface area contributed by atoms with E-state index in [1.807, 2.05) is 0 Å². The molecule has 0 aliphatic heterocycles. The van der Waals surface area contributed by atoms with E-state index < -0.39 is 0 Å². The van der Waals surface area contributed by atoms with Crippen LogP contribution in [0.4, 0.5) is 0 Å². The highest BCUT2D eigenvalue weighted by Gasteiger charge is 1.99. The Morgan fingerprint density at radius 2 is 1.62 bits per heavy atom. The topological polar surface area (TPSA) is 26.0 Å². The van der Waals surface area contributed by atoms with Crippen LogP contribution >= 0.6 is 0 Å². The summed E-state index contributed by atoms with van der Waals surface area (Å²) in [5.74, 6) is 0.657. The van der Waals surface area contributed by atoms with E-state index in [4.69, 9.17) is 5.73 Å². The van der Waals surface area contributed by atoms with Gasteiger partial charge in [-0.25, -0.2) is 0 Å². The molecule has 1 heteroatoms. The van der Waals surface area contributed by atoms with Gasteiger partial charge in [-0.05, 0) is 31.7 Å². The van der Waals surface area contributed by atoms with Gasteiger partial charge in [0.05, 0.1) is 0 Å². The van der Waals surface area contributed by atoms with Crippen LogP contribution in [-0.2, 0) is 0 Å². The average molecular weight is 183 g/mol. The standard InChI is InChI=1S/C12H25N/c1-11(2)12(3)9-7-5-4-6-8-10-13/h11H,3-10,13H2,1-2H3. The Hall–Kier alpha value is -0.300. The van der Waals surface area contributed by atoms with Crippen molar-refractivity contribution < 1.29 is 0 Å². The lowest BCUT2D eigenvalue weighted by Crippen LogP contribution is -1.97. The molecule has 0 aromatic rings. The fourth-order valence-corrected chi connectivity index (χ4v) is 1.32. The molecule has 0 saturated carbocycles. The summed E-state index contributed by atoms with van der Waals surface area (Å²) in [6, 6.07) is 0. The average Bonchev–Trinajstić information content (AvgIpc) is 2.10. The fraction of sp³-hybridized carbons (Fsp3) is 0.833. The summed E-state index contributed by atoms with van der Waals surface area (Å²) in [5.41, 5.74) is 6.82. The Morgan fingerprint density at radius 1 is 1.08 bits per heavy atom. The molecule has 0 saturated heterocycles. The Kier molecular flexibility index (Phi) is 8.11. The largest absolute Gasteiger partial charge is 0.330 e. The minimum atomic E-state index is 0.657. The maximum atomic E-state index is 5.42. The lowest BCUT2D eigenvalue weighted by Gasteiger charge is -2.08. The van der Waals surface area contributed by atoms with Gasteiger partial charge >= 0.3 is 0 Å². The van der Waals surface area contributed by atoms with Gasteiger partial charge in [-0.3, -0.25) is 0 Å². The molecule has 0 heterocycles. The van der Waals surface area contributed by atoms with Crippen molar-refractivity contribution in [3.05, 3.63) is 12.2 Å². The van der Waals surface area contributed by atoms with Crippen molar-refractivity contribution in [2.75, 3.05) is 6.54 Å². The van der Waals surface area contributed by atoms with E-state index in [0.717, 1.165) is 6.54 Å². The highest BCUT2D eigenvalue weighted by molar-refractivity contribution is 4.96. The molecular formula is C12H25N. The first kappa shape index (κ1) is 12.7. The second kappa shape index (κ2) is 8.31. The van der Waals surface area contributed by atoms with Crippen molar-refractivity contribution in [1.29, 1.82) is 0 Å². The molecule has 78 valence electrons. The molecule has 0 fully saturated rings. The SMILES string of the molecule is C=C(CCCCCCCN)C(C)C. The zero-order valence-electron chi connectivity index (χ0n) is 9.31. The first-order chi connectivity index (χ1) is 6.18. The minimum absolute atomic E-state index is 0.657. The molecule has 0 amide bonds. The molecule has 0 aliphatic carbocycles. The number of hydrogen-bond donors (Lipinski definition) is 1. The Bertz CT molecular complexity index is 127. The van der Waals surface area contributed by atoms with E-state index in [2.05, 4.69) is 20.4 Å². The minimum Gasteiger partial charge on any atom is -0.330 e. The summed E-state index contributed by atoms with van der Waals surface area (Å²) < 4.78 is 0. The van der Waals surface area contributed by atoms with E-state index in [0.29, 0.717) is 5.92 Å². The fourth-order valence-electron chi connectivity index (χ4n) is 1.32. The Morgan fingerprint density at radius 3 is 2.15 bits per heavy atom. The first-order valence-electron chi connectivity index (χ1n) is 5.56. The lowest BCUT2D eigenvalue weighted by molar-refractivity contribution is 0.598. The molecule has 0 aromatic heterocycles. The Balaban J connectivity index is 3.12. The second-order valence-electron chi connectivity index (χ2n) is 4.12. The van der Waals surface area contributed by atoms with Gasteiger partial charge in [0.15, 0.2) is 0 Å². The van der Waals surface area contributed by atoms with Crippen LogP contribution in [0.5, 0.6) is 0 Å². The summed E-state index contributed by atoms with van der Waals surface area (Å²) in [4.78, 5) is 0. The van der Waals surface area contributed by atoms with Crippen molar-refractivity contribution in [3.8, 4) is 0 Å². The van der Waals surface area contributed by atoms with Gasteiger partial charge in [0.1, 0.15) is 0 Å². The number of unbranched alkanes of at least 4 members (excludes halogenated alkanes) is 4. The van der Waals surface area contributed by atoms with Crippen LogP contribution in [0.1, 0.15) is 52.4 Å². The number of allylic oxidation sites excluding steroid dienone is 1. The van der Waals surface area contributed by atoms with Gasteiger partial charge in [-0.15, -0.1) is 0 Å². The number of nitrogens with two attached hydrogens (primary N) is 1. The van der Waals surface area contributed by atoms with Gasteiger partial charge in [0.25, 0.3) is 0 Å². The normalized spacial score (nSPS) is 10.8. The van der Waals surface area contributed by atoms with Gasteiger partial charge < -0.3 is 5.73 Å². The quantitative estimate of drug-likeness (QED) is 0.452. The molecule has 0 atom stereocenters. The van der Waals surface area contributed by atoms with E-state index in [1.165, 1.54) is 44.1 Å². The van der Waals surface area contributed by atoms with Gasteiger partial charge in [-0.1, -0.05) is 45.3 Å². The summed E-state index contributed by atoms with van der Waals surface area (Å²) >= 11 is 0. The Labute approximate surface area is 83.4 Å². The molecule has 0 spiro atoms. The molecule has 0 radical (unpaired) electrons. The van der Waals surface area contributed by atoms with Gasteiger partial charge in [-0.2, -0.15) is 0 Å². The van der Waals surface area contributed by atoms with Crippen molar-refractivity contribution in [2.24, 2.45) is 11.7 Å². The number of hydrogen-bond acceptors (Lipinski definition) is 1. The highest BCUT2D eigenvalue weighted by Crippen LogP contribution is 2.15. The predicted molar refractivity (Wildman–Crippen MR) is 60.7 cm³/mol. The summed E-state index contributed by atoms with van der Waals surface area (Å²) in [7, 11) is 0. The van der Waals surface area contributed by atoms with Gasteiger partial charge in [0.2, 0.25) is 0 Å². The van der Waals surface area contributed by atoms with Crippen LogP contribution < -0.4 is 5.73 Å². The van der Waals surface area contributed by atoms with Crippen LogP contribution in [0.2, 0.25) is 0 Å². The highest BCUT2D eigenvalue weighted by atomic mass is 14.5. The summed E-state index contributed by atoms with van der Waals surface area (Å²) in [6.07, 6.45) is 7.67. The van der Waals surface area contributed by atoms with E-state index in [9.17, 15) is 0 Å². The van der Waals surface area contributed by atoms with Crippen LogP contribution in [-0.4, -0.2) is 6.54 Å². The third-order valence-electron chi connectivity index (χ3n) is 2.52. The molecular weight excluding hydrogens is 158 g/mol. The zero-order valence-corrected chi connectivity index (χ0v) is 9.31. The first-order valence-corrected chi connectivity index (χ1v) is 5.56. The third kappa shape index (κ3) is 8.04. The molecule has 0 bridgehead atoms. The van der Waals surface area contributed by atoms with Crippen molar-refractivity contribution in [1.82, 2.24) is 0 Å². The monoisotopic (exact) mass is 183 g/mol. The molecule has 1 nitrogen and oxygen atoms in total. The zero-order chi connectivity index (χ0) is 10.1. The second-order valence-corrected chi connectivity index (χ2v) is 4.12. The number of rotatable bonds is 8. The predicted octanol–water partition coefficient (Wildman–Crippen LogP) is 3.50. The van der Waals surface area contributed by atoms with E-state index >= 15 is 0 Å². The third-order valence-corrected chi connectivity index (χ3v) is 2.52. The van der Waals surface area contributed by atoms with Gasteiger partial charge in [0, 0.05) is 0 Å². The molecule has 2 N–H and O–H groups in total. The van der Waals surface area contributed by atoms with Crippen molar-refractivity contribution in [3.63, 3.8) is 0 Å². The molecule has 13 heavy (non-hydrogen) atoms. The molecule has 0 aliphatic rings. The van der Waals surface area contributed by atoms with Crippen LogP contribution in [0.25, 0.3) is 0 Å². The van der Waals surface area contributed by atoms with Crippen LogP contribution in [0, 0.1) is 5.92 Å². The van der Waals surface area contributed by atoms with Crippen molar-refractivity contribution in [2.45, 2.75) is 52.4 Å². The maximum absolute atomic E-state index is 5.42. The molecule has 0 unspecified atom stereocenters.